The molecule has 1 aromatic rings. The summed E-state index contributed by atoms with van der Waals surface area (Å²) in [7, 11) is 1.64. The van der Waals surface area contributed by atoms with Crippen LogP contribution in [0.5, 0.6) is 11.5 Å². The van der Waals surface area contributed by atoms with E-state index in [1.807, 2.05) is 31.2 Å². The zero-order chi connectivity index (χ0) is 20.0. The van der Waals surface area contributed by atoms with Crippen molar-refractivity contribution >= 4 is 35.8 Å². The lowest BCUT2D eigenvalue weighted by molar-refractivity contribution is -0.125. The summed E-state index contributed by atoms with van der Waals surface area (Å²) in [4.78, 5) is 16.6. The van der Waals surface area contributed by atoms with Crippen molar-refractivity contribution < 1.29 is 14.3 Å². The summed E-state index contributed by atoms with van der Waals surface area (Å²) in [6.45, 7) is 5.07. The molecule has 3 N–H and O–H groups in total. The lowest BCUT2D eigenvalue weighted by Gasteiger charge is -2.20. The van der Waals surface area contributed by atoms with Gasteiger partial charge in [0.1, 0.15) is 18.1 Å². The third-order valence-corrected chi connectivity index (χ3v) is 4.72. The summed E-state index contributed by atoms with van der Waals surface area (Å²) in [5, 5.41) is 9.45. The molecule has 1 amide bonds. The number of aliphatic imine (C=N–C) groups is 1. The zero-order valence-corrected chi connectivity index (χ0v) is 19.9. The number of ether oxygens (including phenoxy) is 2. The molecule has 0 heterocycles. The molecule has 1 aliphatic rings. The van der Waals surface area contributed by atoms with Crippen molar-refractivity contribution in [3.8, 4) is 11.5 Å². The molecule has 7 nitrogen and oxygen atoms in total. The van der Waals surface area contributed by atoms with Crippen LogP contribution in [0, 0.1) is 5.92 Å². The Morgan fingerprint density at radius 3 is 2.38 bits per heavy atom. The van der Waals surface area contributed by atoms with Crippen LogP contribution in [0.15, 0.2) is 29.3 Å². The van der Waals surface area contributed by atoms with Crippen LogP contribution in [0.4, 0.5) is 0 Å². The fraction of sp³-hybridized carbons (Fsp3) is 0.619. The van der Waals surface area contributed by atoms with E-state index in [9.17, 15) is 4.79 Å². The molecule has 2 rings (SSSR count). The minimum Gasteiger partial charge on any atom is -0.497 e. The molecule has 1 saturated carbocycles. The van der Waals surface area contributed by atoms with Crippen LogP contribution in [0.3, 0.4) is 0 Å². The second kappa shape index (κ2) is 15.2. The highest BCUT2D eigenvalue weighted by atomic mass is 127. The Hall–Kier alpha value is -1.71. The maximum Gasteiger partial charge on any atom is 0.223 e. The summed E-state index contributed by atoms with van der Waals surface area (Å²) in [5.74, 6) is 2.71. The molecule has 0 aliphatic heterocycles. The van der Waals surface area contributed by atoms with Gasteiger partial charge in [-0.2, -0.15) is 0 Å². The van der Waals surface area contributed by atoms with Crippen molar-refractivity contribution in [2.45, 2.75) is 39.0 Å². The van der Waals surface area contributed by atoms with Gasteiger partial charge in [0.15, 0.2) is 5.96 Å². The van der Waals surface area contributed by atoms with E-state index in [0.717, 1.165) is 36.8 Å². The van der Waals surface area contributed by atoms with Gasteiger partial charge in [0.25, 0.3) is 0 Å². The predicted octanol–water partition coefficient (Wildman–Crippen LogP) is 2.94. The summed E-state index contributed by atoms with van der Waals surface area (Å²) < 4.78 is 10.8. The molecule has 0 radical (unpaired) electrons. The lowest BCUT2D eigenvalue weighted by atomic mass is 9.89. The number of hydrogen-bond acceptors (Lipinski definition) is 4. The summed E-state index contributed by atoms with van der Waals surface area (Å²) in [6, 6.07) is 7.51. The largest absolute Gasteiger partial charge is 0.497 e. The number of nitrogens with zero attached hydrogens (tertiary/aromatic N) is 1. The van der Waals surface area contributed by atoms with E-state index in [1.54, 1.807) is 7.11 Å². The second-order valence-electron chi connectivity index (χ2n) is 6.84. The summed E-state index contributed by atoms with van der Waals surface area (Å²) >= 11 is 0. The standard InChI is InChI=1S/C21H34N4O3.HI/c1-3-22-21(24-14-13-23-20(26)17-7-5-4-6-8-17)25-15-16-28-19-11-9-18(27-2)10-12-19;/h9-12,17H,3-8,13-16H2,1-2H3,(H,23,26)(H2,22,24,25);1H. The Bertz CT molecular complexity index is 604. The van der Waals surface area contributed by atoms with E-state index in [1.165, 1.54) is 19.3 Å². The summed E-state index contributed by atoms with van der Waals surface area (Å²) in [6.07, 6.45) is 5.64. The third kappa shape index (κ3) is 10.0. The first-order valence-electron chi connectivity index (χ1n) is 10.3. The van der Waals surface area contributed by atoms with Gasteiger partial charge < -0.3 is 25.4 Å². The number of amides is 1. The van der Waals surface area contributed by atoms with Crippen molar-refractivity contribution in [1.82, 2.24) is 16.0 Å². The van der Waals surface area contributed by atoms with Gasteiger partial charge in [0.05, 0.1) is 20.2 Å². The van der Waals surface area contributed by atoms with Crippen molar-refractivity contribution in [2.24, 2.45) is 10.9 Å². The van der Waals surface area contributed by atoms with Crippen LogP contribution in [-0.2, 0) is 4.79 Å². The minimum absolute atomic E-state index is 0. The van der Waals surface area contributed by atoms with Gasteiger partial charge in [-0.3, -0.25) is 9.79 Å². The molecule has 164 valence electrons. The average Bonchev–Trinajstić information content (AvgIpc) is 2.75. The van der Waals surface area contributed by atoms with E-state index in [4.69, 9.17) is 9.47 Å². The highest BCUT2D eigenvalue weighted by Crippen LogP contribution is 2.23. The number of guanidine groups is 1. The van der Waals surface area contributed by atoms with Gasteiger partial charge in [-0.1, -0.05) is 19.3 Å². The van der Waals surface area contributed by atoms with Crippen molar-refractivity contribution in [2.75, 3.05) is 39.9 Å². The molecular formula is C21H35IN4O3. The third-order valence-electron chi connectivity index (χ3n) is 4.72. The first-order valence-corrected chi connectivity index (χ1v) is 10.3. The van der Waals surface area contributed by atoms with Crippen molar-refractivity contribution in [1.29, 1.82) is 0 Å². The number of methoxy groups -OCH3 is 1. The minimum atomic E-state index is 0. The van der Waals surface area contributed by atoms with E-state index in [2.05, 4.69) is 20.9 Å². The van der Waals surface area contributed by atoms with Crippen LogP contribution in [0.25, 0.3) is 0 Å². The highest BCUT2D eigenvalue weighted by molar-refractivity contribution is 14.0. The molecular weight excluding hydrogens is 483 g/mol. The van der Waals surface area contributed by atoms with Crippen LogP contribution >= 0.6 is 24.0 Å². The van der Waals surface area contributed by atoms with Crippen molar-refractivity contribution in [3.63, 3.8) is 0 Å². The number of nitrogens with one attached hydrogen (secondary N) is 3. The molecule has 1 fully saturated rings. The fourth-order valence-corrected chi connectivity index (χ4v) is 3.21. The SMILES string of the molecule is CCNC(=NCCNC(=O)C1CCCCC1)NCCOc1ccc(OC)cc1.I. The number of hydrogen-bond donors (Lipinski definition) is 3. The number of carbonyl (C=O) groups is 1. The Labute approximate surface area is 191 Å². The number of benzene rings is 1. The first kappa shape index (κ1) is 25.3. The van der Waals surface area contributed by atoms with Gasteiger partial charge >= 0.3 is 0 Å². The molecule has 1 aliphatic carbocycles. The predicted molar refractivity (Wildman–Crippen MR) is 127 cm³/mol. The number of carbonyl (C=O) groups excluding carboxylic acids is 1. The van der Waals surface area contributed by atoms with Gasteiger partial charge in [-0.15, -0.1) is 24.0 Å². The molecule has 29 heavy (non-hydrogen) atoms. The molecule has 0 unspecified atom stereocenters. The fourth-order valence-electron chi connectivity index (χ4n) is 3.21. The Morgan fingerprint density at radius 2 is 1.72 bits per heavy atom. The molecule has 0 aromatic heterocycles. The Kier molecular flexibility index (Phi) is 13.3. The van der Waals surface area contributed by atoms with E-state index < -0.39 is 0 Å². The molecule has 0 saturated heterocycles. The molecule has 8 heteroatoms. The van der Waals surface area contributed by atoms with Gasteiger partial charge in [0, 0.05) is 19.0 Å². The molecule has 0 bridgehead atoms. The van der Waals surface area contributed by atoms with Crippen molar-refractivity contribution in [3.05, 3.63) is 24.3 Å². The quantitative estimate of drug-likeness (QED) is 0.192. The van der Waals surface area contributed by atoms with Crippen LogP contribution in [-0.4, -0.2) is 51.8 Å². The Morgan fingerprint density at radius 1 is 1.03 bits per heavy atom. The van der Waals surface area contributed by atoms with Crippen LogP contribution in [0.1, 0.15) is 39.0 Å². The topological polar surface area (TPSA) is 84.0 Å². The van der Waals surface area contributed by atoms with E-state index >= 15 is 0 Å². The molecule has 0 atom stereocenters. The van der Waals surface area contributed by atoms with E-state index in [-0.39, 0.29) is 35.8 Å². The van der Waals surface area contributed by atoms with Gasteiger partial charge in [-0.05, 0) is 44.0 Å². The summed E-state index contributed by atoms with van der Waals surface area (Å²) in [5.41, 5.74) is 0. The zero-order valence-electron chi connectivity index (χ0n) is 17.5. The van der Waals surface area contributed by atoms with E-state index in [0.29, 0.717) is 26.2 Å². The van der Waals surface area contributed by atoms with Gasteiger partial charge in [0.2, 0.25) is 5.91 Å². The van der Waals surface area contributed by atoms with Gasteiger partial charge in [-0.25, -0.2) is 0 Å². The number of rotatable bonds is 10. The first-order chi connectivity index (χ1) is 13.7. The highest BCUT2D eigenvalue weighted by Gasteiger charge is 2.20. The molecule has 1 aromatic carbocycles. The maximum absolute atomic E-state index is 12.1. The average molecular weight is 518 g/mol. The van der Waals surface area contributed by atoms with Crippen LogP contribution < -0.4 is 25.4 Å². The second-order valence-corrected chi connectivity index (χ2v) is 6.84. The molecule has 0 spiro atoms. The monoisotopic (exact) mass is 518 g/mol. The number of halogens is 1. The smallest absolute Gasteiger partial charge is 0.223 e. The normalized spacial score (nSPS) is 14.5. The Balaban J connectivity index is 0.00000420. The lowest BCUT2D eigenvalue weighted by Crippen LogP contribution is -2.40. The van der Waals surface area contributed by atoms with Crippen LogP contribution in [0.2, 0.25) is 0 Å². The maximum atomic E-state index is 12.1.